The van der Waals surface area contributed by atoms with Crippen molar-refractivity contribution in [1.82, 2.24) is 29.2 Å². The fourth-order valence-corrected chi connectivity index (χ4v) is 5.14. The Kier molecular flexibility index (Phi) is 6.51. The van der Waals surface area contributed by atoms with Crippen LogP contribution in [0.15, 0.2) is 53.6 Å². The molecule has 0 aliphatic carbocycles. The number of amides is 1. The van der Waals surface area contributed by atoms with Crippen molar-refractivity contribution in [1.29, 1.82) is 0 Å². The van der Waals surface area contributed by atoms with E-state index in [0.29, 0.717) is 31.0 Å². The van der Waals surface area contributed by atoms with Gasteiger partial charge in [-0.25, -0.2) is 9.97 Å². The third-order valence-corrected chi connectivity index (χ3v) is 7.13. The number of hydrogen-bond donors (Lipinski definition) is 1. The summed E-state index contributed by atoms with van der Waals surface area (Å²) in [6, 6.07) is 11.5. The number of aliphatic hydroxyl groups excluding tert-OH is 1. The number of aliphatic hydroxyl groups is 1. The van der Waals surface area contributed by atoms with E-state index in [2.05, 4.69) is 15.0 Å². The Hall–Kier alpha value is -4.05. The van der Waals surface area contributed by atoms with Crippen LogP contribution in [0, 0.1) is 6.92 Å². The monoisotopic (exact) mass is 501 g/mol. The highest BCUT2D eigenvalue weighted by Gasteiger charge is 2.28. The van der Waals surface area contributed by atoms with Gasteiger partial charge in [0.2, 0.25) is 11.9 Å². The smallest absolute Gasteiger partial charge is 0.274 e. The molecule has 1 saturated heterocycles. The summed E-state index contributed by atoms with van der Waals surface area (Å²) in [5.74, 6) is 0.342. The van der Waals surface area contributed by atoms with Crippen LogP contribution in [0.1, 0.15) is 31.3 Å². The number of piperazine rings is 1. The van der Waals surface area contributed by atoms with E-state index in [4.69, 9.17) is 0 Å². The first-order chi connectivity index (χ1) is 17.8. The summed E-state index contributed by atoms with van der Waals surface area (Å²) in [7, 11) is 1.78. The van der Waals surface area contributed by atoms with Gasteiger partial charge in [0.25, 0.3) is 5.56 Å². The summed E-state index contributed by atoms with van der Waals surface area (Å²) in [5, 5.41) is 9.82. The number of pyridine rings is 1. The van der Waals surface area contributed by atoms with Gasteiger partial charge in [-0.3, -0.25) is 23.9 Å². The van der Waals surface area contributed by atoms with Gasteiger partial charge in [0.05, 0.1) is 22.6 Å². The van der Waals surface area contributed by atoms with Crippen LogP contribution in [0.4, 0.5) is 5.95 Å². The standard InChI is InChI=1S/C27H31N7O3/c1-17-6-5-7-23(30-17)19(3)34-24-12-20(8-9-22(24)26(37)31(34)4)21-13-28-27(29-14-21)32-10-11-33(18(2)15-32)25(36)16-35/h5-9,12-14,18-19,35H,10-11,15-16H2,1-4H3/t18-,19?/m1/s1. The van der Waals surface area contributed by atoms with E-state index in [1.807, 2.05) is 66.8 Å². The molecule has 0 saturated carbocycles. The lowest BCUT2D eigenvalue weighted by Gasteiger charge is -2.39. The van der Waals surface area contributed by atoms with Crippen molar-refractivity contribution < 1.29 is 9.90 Å². The van der Waals surface area contributed by atoms with Crippen LogP contribution in [-0.4, -0.2) is 72.5 Å². The number of fused-ring (bicyclic) bond motifs is 1. The predicted octanol–water partition coefficient (Wildman–Crippen LogP) is 2.14. The third kappa shape index (κ3) is 4.48. The molecule has 10 nitrogen and oxygen atoms in total. The molecule has 1 aliphatic heterocycles. The number of rotatable bonds is 5. The van der Waals surface area contributed by atoms with E-state index < -0.39 is 6.61 Å². The predicted molar refractivity (Wildman–Crippen MR) is 141 cm³/mol. The number of benzene rings is 1. The topological polar surface area (TPSA) is 109 Å². The van der Waals surface area contributed by atoms with E-state index >= 15 is 0 Å². The maximum Gasteiger partial charge on any atom is 0.274 e. The molecule has 4 aromatic rings. The highest BCUT2D eigenvalue weighted by Crippen LogP contribution is 2.27. The van der Waals surface area contributed by atoms with Gasteiger partial charge >= 0.3 is 0 Å². The minimum absolute atomic E-state index is 0.0428. The van der Waals surface area contributed by atoms with Gasteiger partial charge in [0.1, 0.15) is 6.61 Å². The Morgan fingerprint density at radius 3 is 2.57 bits per heavy atom. The van der Waals surface area contributed by atoms with Crippen LogP contribution in [0.3, 0.4) is 0 Å². The number of carbonyl (C=O) groups excluding carboxylic acids is 1. The fraction of sp³-hybridized carbons (Fsp3) is 0.370. The molecule has 0 spiro atoms. The Labute approximate surface area is 214 Å². The van der Waals surface area contributed by atoms with Crippen molar-refractivity contribution >= 4 is 22.8 Å². The molecule has 1 aliphatic rings. The molecule has 0 bridgehead atoms. The second-order valence-electron chi connectivity index (χ2n) is 9.60. The number of carbonyl (C=O) groups is 1. The first kappa shape index (κ1) is 24.6. The van der Waals surface area contributed by atoms with Crippen molar-refractivity contribution in [3.63, 3.8) is 0 Å². The number of aryl methyl sites for hydroxylation is 1. The molecule has 1 fully saturated rings. The molecule has 2 atom stereocenters. The fourth-order valence-electron chi connectivity index (χ4n) is 5.14. The highest BCUT2D eigenvalue weighted by molar-refractivity contribution is 5.84. The van der Waals surface area contributed by atoms with E-state index in [9.17, 15) is 14.7 Å². The lowest BCUT2D eigenvalue weighted by Crippen LogP contribution is -2.55. The molecular weight excluding hydrogens is 470 g/mol. The van der Waals surface area contributed by atoms with Crippen molar-refractivity contribution in [2.75, 3.05) is 31.1 Å². The average Bonchev–Trinajstić information content (AvgIpc) is 3.16. The zero-order chi connectivity index (χ0) is 26.3. The maximum atomic E-state index is 13.0. The van der Waals surface area contributed by atoms with Crippen LogP contribution in [0.25, 0.3) is 22.0 Å². The molecule has 1 aromatic carbocycles. The number of hydrogen-bond acceptors (Lipinski definition) is 7. The van der Waals surface area contributed by atoms with Gasteiger partial charge in [-0.1, -0.05) is 12.1 Å². The molecule has 1 amide bonds. The van der Waals surface area contributed by atoms with E-state index in [1.54, 1.807) is 29.0 Å². The Morgan fingerprint density at radius 1 is 1.14 bits per heavy atom. The zero-order valence-electron chi connectivity index (χ0n) is 21.5. The third-order valence-electron chi connectivity index (χ3n) is 7.13. The van der Waals surface area contributed by atoms with Crippen LogP contribution >= 0.6 is 0 Å². The molecule has 10 heteroatoms. The zero-order valence-corrected chi connectivity index (χ0v) is 21.5. The molecule has 37 heavy (non-hydrogen) atoms. The summed E-state index contributed by atoms with van der Waals surface area (Å²) in [4.78, 5) is 42.5. The molecule has 1 N–H and O–H groups in total. The van der Waals surface area contributed by atoms with Crippen molar-refractivity contribution in [3.05, 3.63) is 70.5 Å². The number of aromatic nitrogens is 5. The summed E-state index contributed by atoms with van der Waals surface area (Å²) in [5.41, 5.74) is 4.34. The van der Waals surface area contributed by atoms with Crippen molar-refractivity contribution in [2.24, 2.45) is 7.05 Å². The van der Waals surface area contributed by atoms with Gasteiger partial charge in [0, 0.05) is 56.4 Å². The molecule has 0 radical (unpaired) electrons. The van der Waals surface area contributed by atoms with Crippen LogP contribution in [0.2, 0.25) is 0 Å². The van der Waals surface area contributed by atoms with Crippen LogP contribution < -0.4 is 10.5 Å². The van der Waals surface area contributed by atoms with Gasteiger partial charge < -0.3 is 14.9 Å². The number of anilines is 1. The molecule has 3 aromatic heterocycles. The molecule has 4 heterocycles. The Morgan fingerprint density at radius 2 is 1.89 bits per heavy atom. The summed E-state index contributed by atoms with van der Waals surface area (Å²) in [6.07, 6.45) is 3.58. The lowest BCUT2D eigenvalue weighted by atomic mass is 10.1. The first-order valence-electron chi connectivity index (χ1n) is 12.4. The Balaban J connectivity index is 1.44. The van der Waals surface area contributed by atoms with Gasteiger partial charge in [-0.15, -0.1) is 0 Å². The second kappa shape index (κ2) is 9.78. The van der Waals surface area contributed by atoms with Gasteiger partial charge in [0.15, 0.2) is 0 Å². The van der Waals surface area contributed by atoms with E-state index in [1.165, 1.54) is 0 Å². The quantitative estimate of drug-likeness (QED) is 0.446. The summed E-state index contributed by atoms with van der Waals surface area (Å²) >= 11 is 0. The first-order valence-corrected chi connectivity index (χ1v) is 12.4. The van der Waals surface area contributed by atoms with Crippen LogP contribution in [0.5, 0.6) is 0 Å². The van der Waals surface area contributed by atoms with Crippen LogP contribution in [-0.2, 0) is 11.8 Å². The Bertz CT molecular complexity index is 1510. The second-order valence-corrected chi connectivity index (χ2v) is 9.60. The van der Waals surface area contributed by atoms with Gasteiger partial charge in [-0.2, -0.15) is 0 Å². The molecule has 1 unspecified atom stereocenters. The maximum absolute atomic E-state index is 13.0. The van der Waals surface area contributed by atoms with Crippen molar-refractivity contribution in [2.45, 2.75) is 32.9 Å². The summed E-state index contributed by atoms with van der Waals surface area (Å²) in [6.45, 7) is 7.19. The SMILES string of the molecule is Cc1cccc(C(C)n2c3cc(-c4cnc(N5CCN(C(=O)CO)[C@H](C)C5)nc4)ccc3c(=O)n2C)n1. The number of nitrogens with zero attached hydrogens (tertiary/aromatic N) is 7. The largest absolute Gasteiger partial charge is 0.387 e. The minimum atomic E-state index is -0.477. The lowest BCUT2D eigenvalue weighted by molar-refractivity contribution is -0.136. The molecular formula is C27H31N7O3. The molecule has 192 valence electrons. The van der Waals surface area contributed by atoms with Crippen molar-refractivity contribution in [3.8, 4) is 11.1 Å². The molecule has 5 rings (SSSR count). The average molecular weight is 502 g/mol. The normalized spacial score (nSPS) is 16.8. The highest BCUT2D eigenvalue weighted by atomic mass is 16.3. The van der Waals surface area contributed by atoms with Gasteiger partial charge in [-0.05, 0) is 50.6 Å². The van der Waals surface area contributed by atoms with E-state index in [-0.39, 0.29) is 23.6 Å². The minimum Gasteiger partial charge on any atom is -0.387 e. The van der Waals surface area contributed by atoms with E-state index in [0.717, 1.165) is 28.0 Å². The summed E-state index contributed by atoms with van der Waals surface area (Å²) < 4.78 is 3.62.